The molecule has 1 heterocycles. The SMILES string of the molecule is CC1(C)OB(c2ccc(S(=O)(=O)Cc3cc(F)ccc3F)cc2)OC1(C)C. The van der Waals surface area contributed by atoms with Gasteiger partial charge < -0.3 is 9.31 Å². The maximum atomic E-state index is 13.8. The molecule has 0 saturated carbocycles. The highest BCUT2D eigenvalue weighted by Gasteiger charge is 2.51. The average molecular weight is 394 g/mol. The van der Waals surface area contributed by atoms with E-state index >= 15 is 0 Å². The highest BCUT2D eigenvalue weighted by atomic mass is 32.2. The van der Waals surface area contributed by atoms with E-state index < -0.39 is 45.5 Å². The van der Waals surface area contributed by atoms with Gasteiger partial charge in [0.05, 0.1) is 21.9 Å². The third-order valence-corrected chi connectivity index (χ3v) is 6.80. The van der Waals surface area contributed by atoms with Gasteiger partial charge in [0.2, 0.25) is 0 Å². The summed E-state index contributed by atoms with van der Waals surface area (Å²) in [6, 6.07) is 8.83. The Labute approximate surface area is 158 Å². The molecule has 0 bridgehead atoms. The van der Waals surface area contributed by atoms with Gasteiger partial charge in [0.15, 0.2) is 9.84 Å². The van der Waals surface area contributed by atoms with Crippen LogP contribution in [-0.2, 0) is 24.9 Å². The van der Waals surface area contributed by atoms with Crippen molar-refractivity contribution in [2.45, 2.75) is 49.5 Å². The molecule has 1 aliphatic rings. The van der Waals surface area contributed by atoms with Crippen molar-refractivity contribution in [2.24, 2.45) is 0 Å². The smallest absolute Gasteiger partial charge is 0.399 e. The molecule has 0 aliphatic carbocycles. The van der Waals surface area contributed by atoms with Gasteiger partial charge in [-0.15, -0.1) is 0 Å². The second-order valence-electron chi connectivity index (χ2n) is 7.65. The molecular weight excluding hydrogens is 373 g/mol. The van der Waals surface area contributed by atoms with Gasteiger partial charge in [-0.2, -0.15) is 0 Å². The van der Waals surface area contributed by atoms with Crippen LogP contribution in [0.2, 0.25) is 0 Å². The van der Waals surface area contributed by atoms with E-state index in [1.807, 2.05) is 27.7 Å². The summed E-state index contributed by atoms with van der Waals surface area (Å²) in [5.41, 5.74) is -0.524. The molecule has 1 saturated heterocycles. The van der Waals surface area contributed by atoms with E-state index in [1.165, 1.54) is 12.1 Å². The van der Waals surface area contributed by atoms with Crippen molar-refractivity contribution in [1.82, 2.24) is 0 Å². The van der Waals surface area contributed by atoms with Crippen LogP contribution in [0, 0.1) is 11.6 Å². The van der Waals surface area contributed by atoms with Crippen LogP contribution < -0.4 is 5.46 Å². The Hall–Kier alpha value is -1.77. The minimum absolute atomic E-state index is 0.0198. The van der Waals surface area contributed by atoms with Crippen molar-refractivity contribution in [3.63, 3.8) is 0 Å². The van der Waals surface area contributed by atoms with Gasteiger partial charge in [0.25, 0.3) is 0 Å². The van der Waals surface area contributed by atoms with E-state index in [9.17, 15) is 17.2 Å². The molecule has 0 unspecified atom stereocenters. The number of hydrogen-bond donors (Lipinski definition) is 0. The molecule has 0 spiro atoms. The summed E-state index contributed by atoms with van der Waals surface area (Å²) >= 11 is 0. The zero-order valence-electron chi connectivity index (χ0n) is 15.6. The molecule has 27 heavy (non-hydrogen) atoms. The Kier molecular flexibility index (Phi) is 4.95. The molecule has 0 aromatic heterocycles. The van der Waals surface area contributed by atoms with E-state index in [-0.39, 0.29) is 10.5 Å². The van der Waals surface area contributed by atoms with Crippen molar-refractivity contribution < 1.29 is 26.5 Å². The van der Waals surface area contributed by atoms with E-state index in [1.54, 1.807) is 12.1 Å². The maximum absolute atomic E-state index is 13.8. The van der Waals surface area contributed by atoms with Crippen molar-refractivity contribution >= 4 is 22.4 Å². The molecule has 2 aromatic rings. The highest BCUT2D eigenvalue weighted by Crippen LogP contribution is 2.36. The molecular formula is C19H21BF2O4S. The van der Waals surface area contributed by atoms with E-state index in [0.29, 0.717) is 5.46 Å². The Morgan fingerprint density at radius 1 is 0.926 bits per heavy atom. The lowest BCUT2D eigenvalue weighted by Crippen LogP contribution is -2.41. The molecule has 1 fully saturated rings. The average Bonchev–Trinajstić information content (AvgIpc) is 2.79. The molecule has 1 aliphatic heterocycles. The number of benzene rings is 2. The standard InChI is InChI=1S/C19H21BF2O4S/c1-18(2)19(3,4)26-20(25-18)14-5-8-16(9-6-14)27(23,24)12-13-11-15(21)7-10-17(13)22/h5-11H,12H2,1-4H3. The van der Waals surface area contributed by atoms with Crippen LogP contribution in [0.15, 0.2) is 47.4 Å². The first-order valence-corrected chi connectivity index (χ1v) is 10.2. The first kappa shape index (κ1) is 20.0. The summed E-state index contributed by atoms with van der Waals surface area (Å²) < 4.78 is 64.0. The first-order chi connectivity index (χ1) is 12.4. The Bertz CT molecular complexity index is 940. The van der Waals surface area contributed by atoms with Gasteiger partial charge in [-0.25, -0.2) is 17.2 Å². The van der Waals surface area contributed by atoms with Gasteiger partial charge in [-0.1, -0.05) is 12.1 Å². The lowest BCUT2D eigenvalue weighted by Gasteiger charge is -2.32. The lowest BCUT2D eigenvalue weighted by atomic mass is 9.79. The quantitative estimate of drug-likeness (QED) is 0.748. The Morgan fingerprint density at radius 2 is 1.48 bits per heavy atom. The van der Waals surface area contributed by atoms with Crippen LogP contribution in [-0.4, -0.2) is 26.7 Å². The summed E-state index contributed by atoms with van der Waals surface area (Å²) in [6.45, 7) is 7.72. The maximum Gasteiger partial charge on any atom is 0.494 e. The molecule has 144 valence electrons. The van der Waals surface area contributed by atoms with E-state index in [2.05, 4.69) is 0 Å². The zero-order valence-corrected chi connectivity index (χ0v) is 16.4. The number of halogens is 2. The molecule has 4 nitrogen and oxygen atoms in total. The van der Waals surface area contributed by atoms with E-state index in [0.717, 1.165) is 18.2 Å². The molecule has 0 atom stereocenters. The summed E-state index contributed by atoms with van der Waals surface area (Å²) in [7, 11) is -4.43. The predicted molar refractivity (Wildman–Crippen MR) is 99.4 cm³/mol. The normalized spacial score (nSPS) is 18.7. The van der Waals surface area contributed by atoms with E-state index in [4.69, 9.17) is 9.31 Å². The summed E-state index contributed by atoms with van der Waals surface area (Å²) in [5, 5.41) is 0. The van der Waals surface area contributed by atoms with Crippen LogP contribution in [0.5, 0.6) is 0 Å². The summed E-state index contributed by atoms with van der Waals surface area (Å²) in [4.78, 5) is 0.0198. The Morgan fingerprint density at radius 3 is 2.04 bits per heavy atom. The van der Waals surface area contributed by atoms with Crippen LogP contribution in [0.3, 0.4) is 0 Å². The van der Waals surface area contributed by atoms with Crippen molar-refractivity contribution in [2.75, 3.05) is 0 Å². The van der Waals surface area contributed by atoms with Crippen molar-refractivity contribution in [3.8, 4) is 0 Å². The second-order valence-corrected chi connectivity index (χ2v) is 9.64. The fourth-order valence-corrected chi connectivity index (χ4v) is 4.10. The second kappa shape index (κ2) is 6.69. The van der Waals surface area contributed by atoms with Crippen molar-refractivity contribution in [1.29, 1.82) is 0 Å². The summed E-state index contributed by atoms with van der Waals surface area (Å²) in [6.07, 6.45) is 0. The van der Waals surface area contributed by atoms with Gasteiger partial charge in [-0.05, 0) is 63.5 Å². The number of hydrogen-bond acceptors (Lipinski definition) is 4. The van der Waals surface area contributed by atoms with Crippen LogP contribution in [0.1, 0.15) is 33.3 Å². The fraction of sp³-hybridized carbons (Fsp3) is 0.368. The van der Waals surface area contributed by atoms with Crippen LogP contribution in [0.4, 0.5) is 8.78 Å². The van der Waals surface area contributed by atoms with Crippen LogP contribution in [0.25, 0.3) is 0 Å². The monoisotopic (exact) mass is 394 g/mol. The van der Waals surface area contributed by atoms with Gasteiger partial charge in [0, 0.05) is 5.56 Å². The number of sulfone groups is 1. The topological polar surface area (TPSA) is 52.6 Å². The third kappa shape index (κ3) is 3.93. The predicted octanol–water partition coefficient (Wildman–Crippen LogP) is 3.24. The molecule has 0 amide bonds. The van der Waals surface area contributed by atoms with Crippen molar-refractivity contribution in [3.05, 3.63) is 59.7 Å². The molecule has 2 aromatic carbocycles. The third-order valence-electron chi connectivity index (χ3n) is 5.12. The zero-order chi connectivity index (χ0) is 20.0. The molecule has 8 heteroatoms. The number of rotatable bonds is 4. The van der Waals surface area contributed by atoms with Gasteiger partial charge in [-0.3, -0.25) is 0 Å². The van der Waals surface area contributed by atoms with Gasteiger partial charge in [0.1, 0.15) is 11.6 Å². The minimum Gasteiger partial charge on any atom is -0.399 e. The molecule has 0 radical (unpaired) electrons. The van der Waals surface area contributed by atoms with Crippen LogP contribution >= 0.6 is 0 Å². The largest absolute Gasteiger partial charge is 0.494 e. The first-order valence-electron chi connectivity index (χ1n) is 8.54. The highest BCUT2D eigenvalue weighted by molar-refractivity contribution is 7.90. The van der Waals surface area contributed by atoms with Gasteiger partial charge >= 0.3 is 7.12 Å². The lowest BCUT2D eigenvalue weighted by molar-refractivity contribution is 0.00578. The molecule has 0 N–H and O–H groups in total. The molecule has 3 rings (SSSR count). The Balaban J connectivity index is 1.82. The minimum atomic E-state index is -3.83. The fourth-order valence-electron chi connectivity index (χ4n) is 2.75. The summed E-state index contributed by atoms with van der Waals surface area (Å²) in [5.74, 6) is -2.06.